The Morgan fingerprint density at radius 1 is 1.27 bits per heavy atom. The summed E-state index contributed by atoms with van der Waals surface area (Å²) in [6.07, 6.45) is 4.06. The highest BCUT2D eigenvalue weighted by Crippen LogP contribution is 2.06. The van der Waals surface area contributed by atoms with Crippen LogP contribution < -0.4 is 5.73 Å². The van der Waals surface area contributed by atoms with Crippen molar-refractivity contribution in [2.75, 3.05) is 0 Å². The molecule has 1 rings (SSSR count). The van der Waals surface area contributed by atoms with E-state index in [1.54, 1.807) is 37.3 Å². The summed E-state index contributed by atoms with van der Waals surface area (Å²) in [7, 11) is 0. The molecule has 1 amide bonds. The van der Waals surface area contributed by atoms with Crippen LogP contribution in [0.1, 0.15) is 29.3 Å². The van der Waals surface area contributed by atoms with E-state index in [1.807, 2.05) is 6.08 Å². The second-order valence-electron chi connectivity index (χ2n) is 3.29. The maximum absolute atomic E-state index is 10.8. The van der Waals surface area contributed by atoms with E-state index >= 15 is 0 Å². The number of benzene rings is 1. The van der Waals surface area contributed by atoms with Crippen molar-refractivity contribution in [2.24, 2.45) is 5.73 Å². The van der Waals surface area contributed by atoms with Crippen LogP contribution in [0.3, 0.4) is 0 Å². The summed E-state index contributed by atoms with van der Waals surface area (Å²) in [5.41, 5.74) is 6.53. The minimum atomic E-state index is -0.436. The van der Waals surface area contributed by atoms with Crippen molar-refractivity contribution in [1.82, 2.24) is 0 Å². The van der Waals surface area contributed by atoms with Crippen molar-refractivity contribution in [3.8, 4) is 0 Å². The average Bonchev–Trinajstić information content (AvgIpc) is 2.18. The highest BCUT2D eigenvalue weighted by atomic mass is 16.1. The number of hydrogen-bond donors (Lipinski definition) is 1. The second kappa shape index (κ2) is 5.10. The third-order valence-corrected chi connectivity index (χ3v) is 1.91. The first-order valence-corrected chi connectivity index (χ1v) is 4.65. The highest BCUT2D eigenvalue weighted by molar-refractivity contribution is 5.92. The number of Topliss-reactive ketones (excluding diaryl/α,β-unsaturated/α-hetero) is 1. The van der Waals surface area contributed by atoms with Crippen LogP contribution in [-0.4, -0.2) is 11.7 Å². The Kier molecular flexibility index (Phi) is 3.80. The Morgan fingerprint density at radius 3 is 2.33 bits per heavy atom. The molecule has 0 bridgehead atoms. The summed E-state index contributed by atoms with van der Waals surface area (Å²) < 4.78 is 0. The topological polar surface area (TPSA) is 60.2 Å². The van der Waals surface area contributed by atoms with Gasteiger partial charge in [0, 0.05) is 12.0 Å². The molecule has 0 aliphatic rings. The number of carbonyl (C=O) groups excluding carboxylic acids is 2. The molecule has 0 heterocycles. The largest absolute Gasteiger partial charge is 0.366 e. The third-order valence-electron chi connectivity index (χ3n) is 1.91. The quantitative estimate of drug-likeness (QED) is 0.810. The molecule has 2 N–H and O–H groups in total. The van der Waals surface area contributed by atoms with E-state index < -0.39 is 5.91 Å². The fourth-order valence-corrected chi connectivity index (χ4v) is 1.12. The zero-order valence-corrected chi connectivity index (χ0v) is 8.57. The van der Waals surface area contributed by atoms with Gasteiger partial charge >= 0.3 is 0 Å². The van der Waals surface area contributed by atoms with Crippen LogP contribution in [0.25, 0.3) is 6.08 Å². The number of nitrogens with two attached hydrogens (primary N) is 1. The molecular weight excluding hydrogens is 190 g/mol. The number of amides is 1. The predicted octanol–water partition coefficient (Wildman–Crippen LogP) is 1.78. The maximum atomic E-state index is 10.8. The predicted molar refractivity (Wildman–Crippen MR) is 59.3 cm³/mol. The molecule has 0 spiro atoms. The summed E-state index contributed by atoms with van der Waals surface area (Å²) in [5, 5.41) is 0. The van der Waals surface area contributed by atoms with Gasteiger partial charge in [-0.3, -0.25) is 9.59 Å². The molecule has 0 aliphatic heterocycles. The molecule has 0 saturated heterocycles. The van der Waals surface area contributed by atoms with Gasteiger partial charge in [-0.2, -0.15) is 0 Å². The molecular formula is C12H13NO2. The van der Waals surface area contributed by atoms with E-state index in [4.69, 9.17) is 5.73 Å². The molecule has 1 aromatic rings. The van der Waals surface area contributed by atoms with Crippen molar-refractivity contribution in [3.63, 3.8) is 0 Å². The van der Waals surface area contributed by atoms with Crippen molar-refractivity contribution in [3.05, 3.63) is 41.5 Å². The summed E-state index contributed by atoms with van der Waals surface area (Å²) >= 11 is 0. The normalized spacial score (nSPS) is 10.5. The molecule has 15 heavy (non-hydrogen) atoms. The third kappa shape index (κ3) is 3.77. The Morgan fingerprint density at radius 2 is 1.87 bits per heavy atom. The molecule has 3 nitrogen and oxygen atoms in total. The van der Waals surface area contributed by atoms with E-state index in [2.05, 4.69) is 0 Å². The molecule has 0 aliphatic carbocycles. The molecule has 0 unspecified atom stereocenters. The minimum absolute atomic E-state index is 0.125. The molecule has 0 radical (unpaired) electrons. The molecule has 78 valence electrons. The first-order valence-electron chi connectivity index (χ1n) is 4.65. The summed E-state index contributed by atoms with van der Waals surface area (Å²) in [6.45, 7) is 1.54. The second-order valence-corrected chi connectivity index (χ2v) is 3.29. The molecule has 1 aromatic carbocycles. The molecule has 0 atom stereocenters. The standard InChI is InChI=1S/C12H13NO2/c1-9(14)3-2-4-10-5-7-11(8-6-10)12(13)15/h2,4-8H,3H2,1H3,(H2,13,15)/b4-2+. The maximum Gasteiger partial charge on any atom is 0.248 e. The Bertz CT molecular complexity index is 391. The lowest BCUT2D eigenvalue weighted by Gasteiger charge is -1.96. The van der Waals surface area contributed by atoms with Gasteiger partial charge in [-0.05, 0) is 24.6 Å². The van der Waals surface area contributed by atoms with Crippen LogP contribution in [-0.2, 0) is 4.79 Å². The number of rotatable bonds is 4. The number of allylic oxidation sites excluding steroid dienone is 1. The molecule has 3 heteroatoms. The van der Waals surface area contributed by atoms with Crippen molar-refractivity contribution < 1.29 is 9.59 Å². The van der Waals surface area contributed by atoms with Crippen LogP contribution >= 0.6 is 0 Å². The number of primary amides is 1. The summed E-state index contributed by atoms with van der Waals surface area (Å²) in [5.74, 6) is -0.311. The lowest BCUT2D eigenvalue weighted by atomic mass is 10.1. The fourth-order valence-electron chi connectivity index (χ4n) is 1.12. The van der Waals surface area contributed by atoms with E-state index in [0.717, 1.165) is 5.56 Å². The zero-order chi connectivity index (χ0) is 11.3. The van der Waals surface area contributed by atoms with Crippen LogP contribution in [0.15, 0.2) is 30.3 Å². The van der Waals surface area contributed by atoms with Crippen LogP contribution in [0.2, 0.25) is 0 Å². The van der Waals surface area contributed by atoms with Crippen LogP contribution in [0, 0.1) is 0 Å². The van der Waals surface area contributed by atoms with Gasteiger partial charge in [0.2, 0.25) is 5.91 Å². The number of hydrogen-bond acceptors (Lipinski definition) is 2. The number of ketones is 1. The van der Waals surface area contributed by atoms with Gasteiger partial charge in [0.25, 0.3) is 0 Å². The van der Waals surface area contributed by atoms with E-state index in [0.29, 0.717) is 12.0 Å². The molecule has 0 aromatic heterocycles. The van der Waals surface area contributed by atoms with Gasteiger partial charge in [-0.1, -0.05) is 24.3 Å². The van der Waals surface area contributed by atoms with Crippen LogP contribution in [0.4, 0.5) is 0 Å². The monoisotopic (exact) mass is 203 g/mol. The zero-order valence-electron chi connectivity index (χ0n) is 8.57. The first-order chi connectivity index (χ1) is 7.09. The minimum Gasteiger partial charge on any atom is -0.366 e. The fraction of sp³-hybridized carbons (Fsp3) is 0.167. The van der Waals surface area contributed by atoms with Gasteiger partial charge in [-0.25, -0.2) is 0 Å². The smallest absolute Gasteiger partial charge is 0.248 e. The highest BCUT2D eigenvalue weighted by Gasteiger charge is 1.97. The summed E-state index contributed by atoms with van der Waals surface area (Å²) in [4.78, 5) is 21.4. The van der Waals surface area contributed by atoms with Crippen molar-refractivity contribution in [1.29, 1.82) is 0 Å². The Hall–Kier alpha value is -1.90. The van der Waals surface area contributed by atoms with Crippen LogP contribution in [0.5, 0.6) is 0 Å². The number of carbonyl (C=O) groups is 2. The average molecular weight is 203 g/mol. The lowest BCUT2D eigenvalue weighted by Crippen LogP contribution is -2.10. The summed E-state index contributed by atoms with van der Waals surface area (Å²) in [6, 6.07) is 6.90. The van der Waals surface area contributed by atoms with Gasteiger partial charge in [-0.15, -0.1) is 0 Å². The molecule has 0 saturated carbocycles. The Labute approximate surface area is 88.6 Å². The van der Waals surface area contributed by atoms with E-state index in [1.165, 1.54) is 0 Å². The van der Waals surface area contributed by atoms with Gasteiger partial charge in [0.1, 0.15) is 5.78 Å². The van der Waals surface area contributed by atoms with Gasteiger partial charge < -0.3 is 5.73 Å². The lowest BCUT2D eigenvalue weighted by molar-refractivity contribution is -0.116. The van der Waals surface area contributed by atoms with Gasteiger partial charge in [0.15, 0.2) is 0 Å². The van der Waals surface area contributed by atoms with Crippen molar-refractivity contribution in [2.45, 2.75) is 13.3 Å². The SMILES string of the molecule is CC(=O)C/C=C/c1ccc(C(N)=O)cc1. The Balaban J connectivity index is 2.68. The molecule has 0 fully saturated rings. The van der Waals surface area contributed by atoms with Gasteiger partial charge in [0.05, 0.1) is 0 Å². The van der Waals surface area contributed by atoms with E-state index in [-0.39, 0.29) is 5.78 Å². The van der Waals surface area contributed by atoms with E-state index in [9.17, 15) is 9.59 Å². The first kappa shape index (κ1) is 11.2. The van der Waals surface area contributed by atoms with Crippen molar-refractivity contribution >= 4 is 17.8 Å².